The van der Waals surface area contributed by atoms with Crippen LogP contribution < -0.4 is 31.1 Å². The molecule has 0 spiro atoms. The Kier molecular flexibility index (Phi) is 9.95. The number of rotatable bonds is 4. The molecule has 7 aromatic rings. The summed E-state index contributed by atoms with van der Waals surface area (Å²) in [6.45, 7) is 30.7. The first-order valence-electron chi connectivity index (χ1n) is 25.3. The Morgan fingerprint density at radius 2 is 1.13 bits per heavy atom. The Morgan fingerprint density at radius 1 is 0.515 bits per heavy atom. The lowest BCUT2D eigenvalue weighted by Gasteiger charge is -2.50. The van der Waals surface area contributed by atoms with Gasteiger partial charge in [-0.1, -0.05) is 137 Å². The molecule has 0 saturated heterocycles. The number of aryl methyl sites for hydroxylation is 2. The summed E-state index contributed by atoms with van der Waals surface area (Å²) in [6.07, 6.45) is 8.65. The van der Waals surface area contributed by atoms with Crippen molar-refractivity contribution in [1.29, 1.82) is 0 Å². The number of nitrogens with zero attached hydrogens (tertiary/aromatic N) is 4. The monoisotopic (exact) mass is 893 g/mol. The molecule has 4 nitrogen and oxygen atoms in total. The van der Waals surface area contributed by atoms with E-state index in [-0.39, 0.29) is 33.9 Å². The van der Waals surface area contributed by atoms with Gasteiger partial charge in [0, 0.05) is 63.3 Å². The van der Waals surface area contributed by atoms with Gasteiger partial charge in [0.2, 0.25) is 0 Å². The number of hydrogen-bond donors (Lipinski definition) is 0. The molecule has 2 atom stereocenters. The molecular weight excluding hydrogens is 824 g/mol. The minimum Gasteiger partial charge on any atom is -0.334 e. The van der Waals surface area contributed by atoms with E-state index in [9.17, 15) is 0 Å². The van der Waals surface area contributed by atoms with E-state index >= 15 is 0 Å². The Balaban J connectivity index is 1.18. The first kappa shape index (κ1) is 44.4. The largest absolute Gasteiger partial charge is 0.334 e. The van der Waals surface area contributed by atoms with Gasteiger partial charge in [-0.15, -0.1) is 0 Å². The van der Waals surface area contributed by atoms with Crippen molar-refractivity contribution in [1.82, 2.24) is 4.98 Å². The van der Waals surface area contributed by atoms with Crippen molar-refractivity contribution < 1.29 is 0 Å². The van der Waals surface area contributed by atoms with Crippen molar-refractivity contribution in [2.24, 2.45) is 0 Å². The lowest BCUT2D eigenvalue weighted by Crippen LogP contribution is -2.61. The van der Waals surface area contributed by atoms with Crippen LogP contribution in [0.4, 0.5) is 45.5 Å². The normalized spacial score (nSPS) is 19.6. The third-order valence-corrected chi connectivity index (χ3v) is 16.7. The van der Waals surface area contributed by atoms with Gasteiger partial charge in [0.25, 0.3) is 6.71 Å². The summed E-state index contributed by atoms with van der Waals surface area (Å²) in [5, 5.41) is 0. The molecular formula is C63H69BN4. The van der Waals surface area contributed by atoms with Crippen molar-refractivity contribution in [3.63, 3.8) is 0 Å². The third kappa shape index (κ3) is 6.73. The molecule has 0 amide bonds. The van der Waals surface area contributed by atoms with Crippen LogP contribution in [0.5, 0.6) is 0 Å². The van der Waals surface area contributed by atoms with Crippen LogP contribution in [0, 0.1) is 13.8 Å². The predicted molar refractivity (Wildman–Crippen MR) is 292 cm³/mol. The van der Waals surface area contributed by atoms with Crippen LogP contribution in [0.25, 0.3) is 11.1 Å². The van der Waals surface area contributed by atoms with Gasteiger partial charge in [-0.2, -0.15) is 0 Å². The summed E-state index contributed by atoms with van der Waals surface area (Å²) < 4.78 is 0. The minimum atomic E-state index is -0.106. The van der Waals surface area contributed by atoms with Gasteiger partial charge in [0.15, 0.2) is 0 Å². The molecule has 2 unspecified atom stereocenters. The van der Waals surface area contributed by atoms with E-state index in [0.717, 1.165) is 6.42 Å². The third-order valence-electron chi connectivity index (χ3n) is 16.7. The maximum atomic E-state index is 4.51. The highest BCUT2D eigenvalue weighted by atomic mass is 15.3. The molecule has 68 heavy (non-hydrogen) atoms. The molecule has 0 radical (unpaired) electrons. The van der Waals surface area contributed by atoms with E-state index in [1.807, 2.05) is 12.4 Å². The van der Waals surface area contributed by atoms with Gasteiger partial charge in [-0.25, -0.2) is 0 Å². The SMILES string of the molecule is Cc1cc2c3c(c1)N(c1ccc(C(C)(C)C)cc1C)c1ccc(C(C)(C)C)cc1B3c1ccc(N3c4ccc(-c5cccnc5)cc4C4(C)CCCCC34C)cc1N2c1ccc(C(C)(C)C)cc1. The predicted octanol–water partition coefficient (Wildman–Crippen LogP) is 15.1. The number of benzene rings is 6. The van der Waals surface area contributed by atoms with Crippen LogP contribution in [-0.2, 0) is 21.7 Å². The van der Waals surface area contributed by atoms with Gasteiger partial charge >= 0.3 is 0 Å². The highest BCUT2D eigenvalue weighted by Gasteiger charge is 2.58. The molecule has 1 fully saturated rings. The molecule has 1 aliphatic carbocycles. The summed E-state index contributed by atoms with van der Waals surface area (Å²) in [5.41, 5.74) is 24.5. The Hall–Kier alpha value is -6.07. The second-order valence-electron chi connectivity index (χ2n) is 24.3. The zero-order chi connectivity index (χ0) is 47.9. The molecule has 0 bridgehead atoms. The Labute approximate surface area is 407 Å². The van der Waals surface area contributed by atoms with Gasteiger partial charge in [0.1, 0.15) is 0 Å². The van der Waals surface area contributed by atoms with Crippen LogP contribution in [0.15, 0.2) is 134 Å². The minimum absolute atomic E-state index is 0.0197. The van der Waals surface area contributed by atoms with E-state index < -0.39 is 0 Å². The molecule has 1 aromatic heterocycles. The molecule has 0 N–H and O–H groups in total. The van der Waals surface area contributed by atoms with Crippen LogP contribution in [-0.4, -0.2) is 17.2 Å². The number of pyridine rings is 1. The maximum absolute atomic E-state index is 4.51. The summed E-state index contributed by atoms with van der Waals surface area (Å²) >= 11 is 0. The Bertz CT molecular complexity index is 3150. The fourth-order valence-electron chi connectivity index (χ4n) is 12.6. The molecule has 1 saturated carbocycles. The van der Waals surface area contributed by atoms with Gasteiger partial charge in [0.05, 0.1) is 5.54 Å². The lowest BCUT2D eigenvalue weighted by molar-refractivity contribution is 0.195. The molecule has 4 aliphatic rings. The van der Waals surface area contributed by atoms with Crippen LogP contribution in [0.1, 0.15) is 135 Å². The van der Waals surface area contributed by atoms with Crippen molar-refractivity contribution in [2.45, 2.75) is 143 Å². The Morgan fingerprint density at radius 3 is 1.79 bits per heavy atom. The van der Waals surface area contributed by atoms with E-state index in [1.54, 1.807) is 0 Å². The zero-order valence-electron chi connectivity index (χ0n) is 42.9. The van der Waals surface area contributed by atoms with Crippen molar-refractivity contribution in [3.05, 3.63) is 167 Å². The lowest BCUT2D eigenvalue weighted by atomic mass is 9.33. The average molecular weight is 893 g/mol. The maximum Gasteiger partial charge on any atom is 0.252 e. The number of anilines is 8. The smallest absolute Gasteiger partial charge is 0.252 e. The van der Waals surface area contributed by atoms with Crippen molar-refractivity contribution >= 4 is 68.6 Å². The van der Waals surface area contributed by atoms with Gasteiger partial charge in [-0.05, 0) is 177 Å². The average Bonchev–Trinajstić information content (AvgIpc) is 3.50. The summed E-state index contributed by atoms with van der Waals surface area (Å²) in [7, 11) is 0. The molecule has 4 heterocycles. The fraction of sp³-hybridized carbons (Fsp3) is 0.349. The molecule has 6 aromatic carbocycles. The topological polar surface area (TPSA) is 22.6 Å². The highest BCUT2D eigenvalue weighted by molar-refractivity contribution is 7.00. The van der Waals surface area contributed by atoms with Crippen molar-refractivity contribution in [2.75, 3.05) is 14.7 Å². The van der Waals surface area contributed by atoms with Crippen molar-refractivity contribution in [3.8, 4) is 11.1 Å². The van der Waals surface area contributed by atoms with Gasteiger partial charge < -0.3 is 14.7 Å². The van der Waals surface area contributed by atoms with E-state index in [0.29, 0.717) is 0 Å². The second-order valence-corrected chi connectivity index (χ2v) is 24.3. The summed E-state index contributed by atoms with van der Waals surface area (Å²) in [4.78, 5) is 12.5. The summed E-state index contributed by atoms with van der Waals surface area (Å²) in [6, 6.07) is 47.9. The zero-order valence-corrected chi connectivity index (χ0v) is 42.9. The number of fused-ring (bicyclic) bond motifs is 7. The number of aromatic nitrogens is 1. The molecule has 5 heteroatoms. The fourth-order valence-corrected chi connectivity index (χ4v) is 12.6. The summed E-state index contributed by atoms with van der Waals surface area (Å²) in [5.74, 6) is 0. The van der Waals surface area contributed by atoms with Crippen LogP contribution in [0.2, 0.25) is 0 Å². The van der Waals surface area contributed by atoms with Crippen LogP contribution >= 0.6 is 0 Å². The standard InChI is InChI=1S/C63H69BN4/c1-40-33-56-58-57(34-40)67(52-28-21-45(35-41(52)2)60(6,7)8)54-29-22-46(61(9,10)11)37-51(54)64(58)50-26-25-48(38-55(50)66(56)47-23-19-44(20-24-47)59(3,4)5)68-53-27-18-42(43-17-16-32-65-39-43)36-49(53)62(12)30-14-15-31-63(62,68)13/h16-29,32-39H,14-15,30-31H2,1-13H3. The number of hydrogen-bond acceptors (Lipinski definition) is 4. The quantitative estimate of drug-likeness (QED) is 0.164. The van der Waals surface area contributed by atoms with Gasteiger partial charge in [-0.3, -0.25) is 4.98 Å². The molecule has 3 aliphatic heterocycles. The molecule has 344 valence electrons. The second kappa shape index (κ2) is 15.2. The van der Waals surface area contributed by atoms with E-state index in [2.05, 4.69) is 231 Å². The van der Waals surface area contributed by atoms with E-state index in [4.69, 9.17) is 0 Å². The first-order chi connectivity index (χ1) is 32.2. The van der Waals surface area contributed by atoms with E-state index in [1.165, 1.54) is 126 Å². The first-order valence-corrected chi connectivity index (χ1v) is 25.3. The highest BCUT2D eigenvalue weighted by Crippen LogP contribution is 2.61. The van der Waals surface area contributed by atoms with Crippen LogP contribution in [0.3, 0.4) is 0 Å². The molecule has 11 rings (SSSR count).